The molecule has 0 bridgehead atoms. The van der Waals surface area contributed by atoms with Gasteiger partial charge < -0.3 is 16.2 Å². The van der Waals surface area contributed by atoms with Crippen LogP contribution < -0.4 is 31.9 Å². The van der Waals surface area contributed by atoms with Crippen molar-refractivity contribution in [1.82, 2.24) is 0 Å². The predicted molar refractivity (Wildman–Crippen MR) is 61.8 cm³/mol. The standard InChI is InChI=1S/C10H15N5O/c1-2-16-8-5-3-7(4-6-8)14-10(13)15-9(11)12/h3-6H,2H2,1H3,(H6,11,12,13,14,15)/p+2. The molecule has 1 aromatic carbocycles. The molecule has 1 rings (SSSR count). The highest BCUT2D eigenvalue weighted by molar-refractivity contribution is 5.75. The van der Waals surface area contributed by atoms with Crippen LogP contribution in [-0.4, -0.2) is 18.5 Å². The molecule has 0 aromatic heterocycles. The molecule has 0 saturated heterocycles. The molecule has 6 nitrogen and oxygen atoms in total. The molecule has 0 radical (unpaired) electrons. The maximum Gasteiger partial charge on any atom is 0.522 e. The van der Waals surface area contributed by atoms with Crippen molar-refractivity contribution < 1.29 is 14.7 Å². The molecule has 0 aliphatic heterocycles. The average molecular weight is 223 g/mol. The van der Waals surface area contributed by atoms with Crippen molar-refractivity contribution in [3.05, 3.63) is 24.3 Å². The van der Waals surface area contributed by atoms with Gasteiger partial charge in [0.2, 0.25) is 0 Å². The molecular weight excluding hydrogens is 206 g/mol. The molecule has 0 amide bonds. The number of hydrogen-bond donors (Lipinski definition) is 5. The zero-order valence-electron chi connectivity index (χ0n) is 9.16. The van der Waals surface area contributed by atoms with Gasteiger partial charge in [-0.05, 0) is 31.2 Å². The van der Waals surface area contributed by atoms with E-state index in [0.717, 1.165) is 11.4 Å². The van der Waals surface area contributed by atoms with Gasteiger partial charge in [0.05, 0.1) is 6.61 Å². The lowest BCUT2D eigenvalue weighted by Gasteiger charge is -2.00. The Morgan fingerprint density at radius 3 is 2.31 bits per heavy atom. The summed E-state index contributed by atoms with van der Waals surface area (Å²) >= 11 is 0. The van der Waals surface area contributed by atoms with Crippen LogP contribution in [0.5, 0.6) is 5.75 Å². The van der Waals surface area contributed by atoms with Crippen molar-refractivity contribution in [2.24, 2.45) is 17.2 Å². The molecule has 0 atom stereocenters. The van der Waals surface area contributed by atoms with Gasteiger partial charge in [0.15, 0.2) is 5.69 Å². The summed E-state index contributed by atoms with van der Waals surface area (Å²) in [5, 5.41) is 0. The molecule has 6 heteroatoms. The van der Waals surface area contributed by atoms with E-state index in [2.05, 4.69) is 9.98 Å². The summed E-state index contributed by atoms with van der Waals surface area (Å²) in [6, 6.07) is 7.36. The van der Waals surface area contributed by atoms with E-state index in [1.165, 1.54) is 0 Å². The molecule has 0 heterocycles. The van der Waals surface area contributed by atoms with E-state index in [0.29, 0.717) is 6.61 Å². The van der Waals surface area contributed by atoms with Crippen LogP contribution in [-0.2, 0) is 0 Å². The topological polar surface area (TPSA) is 115 Å². The lowest BCUT2D eigenvalue weighted by Crippen LogP contribution is -2.96. The van der Waals surface area contributed by atoms with E-state index < -0.39 is 0 Å². The Morgan fingerprint density at radius 1 is 1.19 bits per heavy atom. The zero-order valence-corrected chi connectivity index (χ0v) is 9.16. The smallest absolute Gasteiger partial charge is 0.494 e. The second kappa shape index (κ2) is 5.59. The molecule has 0 saturated carbocycles. The quantitative estimate of drug-likeness (QED) is 0.270. The van der Waals surface area contributed by atoms with E-state index in [1.54, 1.807) is 0 Å². The van der Waals surface area contributed by atoms with Gasteiger partial charge >= 0.3 is 5.96 Å². The highest BCUT2D eigenvalue weighted by Gasteiger charge is 2.04. The van der Waals surface area contributed by atoms with Crippen molar-refractivity contribution in [1.29, 1.82) is 0 Å². The van der Waals surface area contributed by atoms with Crippen molar-refractivity contribution in [3.63, 3.8) is 0 Å². The minimum absolute atomic E-state index is 0.0379. The van der Waals surface area contributed by atoms with Crippen LogP contribution in [0.3, 0.4) is 0 Å². The number of hydrogen-bond acceptors (Lipinski definition) is 1. The third-order valence-electron chi connectivity index (χ3n) is 1.72. The summed E-state index contributed by atoms with van der Waals surface area (Å²) in [7, 11) is 0. The highest BCUT2D eigenvalue weighted by atomic mass is 16.5. The first-order valence-corrected chi connectivity index (χ1v) is 4.89. The van der Waals surface area contributed by atoms with Gasteiger partial charge in [0.1, 0.15) is 5.75 Å². The summed E-state index contributed by atoms with van der Waals surface area (Å²) in [4.78, 5) is 5.44. The fourth-order valence-corrected chi connectivity index (χ4v) is 1.14. The van der Waals surface area contributed by atoms with Gasteiger partial charge in [-0.15, -0.1) is 4.99 Å². The first-order chi connectivity index (χ1) is 7.61. The first kappa shape index (κ1) is 11.8. The number of nitrogens with one attached hydrogen (secondary N) is 2. The summed E-state index contributed by atoms with van der Waals surface area (Å²) in [5.41, 5.74) is 16.9. The monoisotopic (exact) mass is 223 g/mol. The Kier molecular flexibility index (Phi) is 4.14. The summed E-state index contributed by atoms with van der Waals surface area (Å²) in [6.07, 6.45) is 0. The van der Waals surface area contributed by atoms with Gasteiger partial charge in [-0.2, -0.15) is 4.99 Å². The maximum absolute atomic E-state index is 5.59. The zero-order chi connectivity index (χ0) is 12.0. The molecule has 8 N–H and O–H groups in total. The summed E-state index contributed by atoms with van der Waals surface area (Å²) in [6.45, 7) is 2.57. The fraction of sp³-hybridized carbons (Fsp3) is 0.200. The second-order valence-electron chi connectivity index (χ2n) is 3.08. The summed E-state index contributed by atoms with van der Waals surface area (Å²) < 4.78 is 5.30. The first-order valence-electron chi connectivity index (χ1n) is 4.89. The SMILES string of the molecule is CCOc1ccc([NH+]=C(N)[NH+]=C(N)N)cc1. The molecule has 16 heavy (non-hydrogen) atoms. The molecular formula is C10H17N5O+2. The van der Waals surface area contributed by atoms with Crippen molar-refractivity contribution in [2.75, 3.05) is 6.61 Å². The number of rotatable bonds is 3. The number of nitrogens with two attached hydrogens (primary N) is 3. The van der Waals surface area contributed by atoms with Crippen LogP contribution in [0.1, 0.15) is 6.92 Å². The van der Waals surface area contributed by atoms with E-state index in [1.807, 2.05) is 31.2 Å². The van der Waals surface area contributed by atoms with Gasteiger partial charge in [-0.25, -0.2) is 5.73 Å². The van der Waals surface area contributed by atoms with E-state index in [-0.39, 0.29) is 11.9 Å². The Bertz CT molecular complexity index is 392. The normalized spacial score (nSPS) is 10.9. The third-order valence-corrected chi connectivity index (χ3v) is 1.72. The Hall–Kier alpha value is -2.24. The van der Waals surface area contributed by atoms with Crippen molar-refractivity contribution >= 4 is 17.6 Å². The van der Waals surface area contributed by atoms with Gasteiger partial charge in [-0.1, -0.05) is 0 Å². The Morgan fingerprint density at radius 2 is 1.81 bits per heavy atom. The number of benzene rings is 1. The average Bonchev–Trinajstić information content (AvgIpc) is 2.20. The molecule has 0 fully saturated rings. The Labute approximate surface area is 93.8 Å². The van der Waals surface area contributed by atoms with Crippen LogP contribution in [0.15, 0.2) is 24.3 Å². The fourth-order valence-electron chi connectivity index (χ4n) is 1.14. The summed E-state index contributed by atoms with van der Waals surface area (Å²) in [5.74, 6) is 1.12. The van der Waals surface area contributed by atoms with Gasteiger partial charge in [0.25, 0.3) is 5.96 Å². The van der Waals surface area contributed by atoms with Crippen molar-refractivity contribution in [3.8, 4) is 5.75 Å². The lowest BCUT2D eigenvalue weighted by atomic mass is 10.3. The Balaban J connectivity index is 2.78. The molecule has 86 valence electrons. The van der Waals surface area contributed by atoms with E-state index in [4.69, 9.17) is 21.9 Å². The second-order valence-corrected chi connectivity index (χ2v) is 3.08. The molecule has 0 aliphatic rings. The van der Waals surface area contributed by atoms with Crippen LogP contribution in [0.2, 0.25) is 0 Å². The minimum Gasteiger partial charge on any atom is -0.494 e. The van der Waals surface area contributed by atoms with Gasteiger partial charge in [0, 0.05) is 0 Å². The minimum atomic E-state index is 0.0379. The van der Waals surface area contributed by atoms with Crippen LogP contribution in [0.4, 0.5) is 5.69 Å². The number of guanidine groups is 2. The van der Waals surface area contributed by atoms with Crippen LogP contribution >= 0.6 is 0 Å². The molecule has 0 unspecified atom stereocenters. The van der Waals surface area contributed by atoms with Gasteiger partial charge in [-0.3, -0.25) is 0 Å². The molecule has 1 aromatic rings. The largest absolute Gasteiger partial charge is 0.522 e. The van der Waals surface area contributed by atoms with E-state index >= 15 is 0 Å². The molecule has 0 aliphatic carbocycles. The molecule has 0 spiro atoms. The lowest BCUT2D eigenvalue weighted by molar-refractivity contribution is -0.459. The van der Waals surface area contributed by atoms with Crippen LogP contribution in [0.25, 0.3) is 0 Å². The van der Waals surface area contributed by atoms with Crippen LogP contribution in [0, 0.1) is 0 Å². The maximum atomic E-state index is 5.59. The van der Waals surface area contributed by atoms with E-state index in [9.17, 15) is 0 Å². The third kappa shape index (κ3) is 3.87. The highest BCUT2D eigenvalue weighted by Crippen LogP contribution is 2.11. The number of ether oxygens (including phenoxy) is 1. The van der Waals surface area contributed by atoms with Crippen molar-refractivity contribution in [2.45, 2.75) is 6.92 Å². The predicted octanol–water partition coefficient (Wildman–Crippen LogP) is -3.53.